The maximum absolute atomic E-state index is 13.5. The van der Waals surface area contributed by atoms with Crippen molar-refractivity contribution in [3.63, 3.8) is 0 Å². The lowest BCUT2D eigenvalue weighted by molar-refractivity contribution is -0.139. The van der Waals surface area contributed by atoms with Crippen LogP contribution < -0.4 is 5.32 Å². The highest BCUT2D eigenvalue weighted by Crippen LogP contribution is 2.42. The lowest BCUT2D eigenvalue weighted by Gasteiger charge is -2.22. The number of hydrogen-bond acceptors (Lipinski definition) is 6. The Hall–Kier alpha value is -3.09. The zero-order valence-corrected chi connectivity index (χ0v) is 16.5. The van der Waals surface area contributed by atoms with E-state index in [-0.39, 0.29) is 11.2 Å². The number of rotatable bonds is 5. The number of aromatic nitrogens is 4. The lowest BCUT2D eigenvalue weighted by atomic mass is 10.1. The van der Waals surface area contributed by atoms with Crippen LogP contribution in [0.2, 0.25) is 5.15 Å². The standard InChI is InChI=1S/C17H13ClF6N6O/c1-8(16(19,20)21)28-15-11(12-10(17(22,23)24)4-3-5-25-12)13(18)29-14-9(7-27-31-2)6-26-30(14)15/h3-8,28H,1-2H3/b27-7+. The van der Waals surface area contributed by atoms with Crippen molar-refractivity contribution < 1.29 is 31.2 Å². The minimum Gasteiger partial charge on any atom is -0.399 e. The Morgan fingerprint density at radius 1 is 1.26 bits per heavy atom. The molecule has 0 spiro atoms. The highest BCUT2D eigenvalue weighted by Gasteiger charge is 2.39. The van der Waals surface area contributed by atoms with Crippen molar-refractivity contribution in [3.8, 4) is 11.3 Å². The molecule has 31 heavy (non-hydrogen) atoms. The highest BCUT2D eigenvalue weighted by atomic mass is 35.5. The smallest absolute Gasteiger partial charge is 0.399 e. The summed E-state index contributed by atoms with van der Waals surface area (Å²) in [4.78, 5) is 12.3. The Labute approximate surface area is 175 Å². The Balaban J connectivity index is 2.35. The molecule has 0 fully saturated rings. The molecular weight excluding hydrogens is 454 g/mol. The molecule has 3 aromatic rings. The van der Waals surface area contributed by atoms with Gasteiger partial charge in [0, 0.05) is 6.20 Å². The van der Waals surface area contributed by atoms with Gasteiger partial charge in [-0.25, -0.2) is 4.98 Å². The summed E-state index contributed by atoms with van der Waals surface area (Å²) >= 11 is 6.17. The van der Waals surface area contributed by atoms with Crippen molar-refractivity contribution in [2.24, 2.45) is 5.16 Å². The first-order valence-electron chi connectivity index (χ1n) is 8.44. The number of anilines is 1. The third-order valence-corrected chi connectivity index (χ3v) is 4.39. The molecule has 0 radical (unpaired) electrons. The fourth-order valence-corrected chi connectivity index (χ4v) is 2.91. The maximum atomic E-state index is 13.5. The van der Waals surface area contributed by atoms with Crippen LogP contribution in [0.1, 0.15) is 18.1 Å². The Kier molecular flexibility index (Phi) is 5.98. The number of nitrogens with one attached hydrogen (secondary N) is 1. The monoisotopic (exact) mass is 466 g/mol. The van der Waals surface area contributed by atoms with Crippen LogP contribution in [0.3, 0.4) is 0 Å². The summed E-state index contributed by atoms with van der Waals surface area (Å²) in [5, 5.41) is 9.10. The number of fused-ring (bicyclic) bond motifs is 1. The molecule has 1 unspecified atom stereocenters. The lowest BCUT2D eigenvalue weighted by Crippen LogP contribution is -2.34. The average molecular weight is 467 g/mol. The first-order chi connectivity index (χ1) is 14.4. The molecule has 0 amide bonds. The summed E-state index contributed by atoms with van der Waals surface area (Å²) < 4.78 is 81.3. The number of hydrogen-bond donors (Lipinski definition) is 1. The number of halogens is 7. The van der Waals surface area contributed by atoms with Crippen molar-refractivity contribution in [2.45, 2.75) is 25.3 Å². The largest absolute Gasteiger partial charge is 0.418 e. The van der Waals surface area contributed by atoms with Crippen molar-refractivity contribution in [3.05, 3.63) is 40.8 Å². The summed E-state index contributed by atoms with van der Waals surface area (Å²) in [6.45, 7) is 0.795. The van der Waals surface area contributed by atoms with Gasteiger partial charge in [-0.15, -0.1) is 0 Å². The van der Waals surface area contributed by atoms with Crippen LogP contribution in [-0.4, -0.2) is 45.1 Å². The summed E-state index contributed by atoms with van der Waals surface area (Å²) in [5.74, 6) is -0.471. The van der Waals surface area contributed by atoms with Gasteiger partial charge in [0.15, 0.2) is 5.65 Å². The number of pyridine rings is 1. The van der Waals surface area contributed by atoms with Gasteiger partial charge in [-0.2, -0.15) is 36.0 Å². The number of oxime groups is 1. The topological polar surface area (TPSA) is 76.7 Å². The van der Waals surface area contributed by atoms with Crippen molar-refractivity contribution in [2.75, 3.05) is 12.4 Å². The van der Waals surface area contributed by atoms with Gasteiger partial charge in [0.2, 0.25) is 0 Å². The molecule has 0 bridgehead atoms. The van der Waals surface area contributed by atoms with E-state index in [9.17, 15) is 26.3 Å². The third-order valence-electron chi connectivity index (χ3n) is 4.12. The predicted molar refractivity (Wildman–Crippen MR) is 100.0 cm³/mol. The van der Waals surface area contributed by atoms with Crippen LogP contribution in [0.25, 0.3) is 16.9 Å². The van der Waals surface area contributed by atoms with Gasteiger partial charge >= 0.3 is 12.4 Å². The molecule has 0 aromatic carbocycles. The second-order valence-corrected chi connectivity index (χ2v) is 6.54. The van der Waals surface area contributed by atoms with Crippen molar-refractivity contribution in [1.82, 2.24) is 19.6 Å². The Morgan fingerprint density at radius 2 is 1.97 bits per heavy atom. The predicted octanol–water partition coefficient (Wildman–Crippen LogP) is 4.81. The van der Waals surface area contributed by atoms with E-state index in [2.05, 4.69) is 30.4 Å². The summed E-state index contributed by atoms with van der Waals surface area (Å²) in [7, 11) is 1.26. The summed E-state index contributed by atoms with van der Waals surface area (Å²) in [6, 6.07) is -0.379. The normalized spacial score (nSPS) is 13.7. The fourth-order valence-electron chi connectivity index (χ4n) is 2.65. The molecule has 0 aliphatic carbocycles. The molecule has 0 saturated heterocycles. The molecule has 0 aliphatic heterocycles. The van der Waals surface area contributed by atoms with Crippen molar-refractivity contribution in [1.29, 1.82) is 0 Å². The molecule has 1 N–H and O–H groups in total. The van der Waals surface area contributed by atoms with Gasteiger partial charge in [0.25, 0.3) is 0 Å². The van der Waals surface area contributed by atoms with E-state index in [1.165, 1.54) is 19.5 Å². The van der Waals surface area contributed by atoms with E-state index in [1.807, 2.05) is 0 Å². The van der Waals surface area contributed by atoms with Crippen LogP contribution in [0.15, 0.2) is 29.7 Å². The summed E-state index contributed by atoms with van der Waals surface area (Å²) in [6.07, 6.45) is -6.15. The van der Waals surface area contributed by atoms with Crippen LogP contribution in [0, 0.1) is 0 Å². The fraction of sp³-hybridized carbons (Fsp3) is 0.294. The van der Waals surface area contributed by atoms with Gasteiger partial charge < -0.3 is 10.2 Å². The molecule has 3 rings (SSSR count). The molecule has 3 aromatic heterocycles. The van der Waals surface area contributed by atoms with Crippen LogP contribution >= 0.6 is 11.6 Å². The van der Waals surface area contributed by atoms with Gasteiger partial charge in [-0.3, -0.25) is 4.98 Å². The molecule has 14 heteroatoms. The minimum absolute atomic E-state index is 0.0593. The maximum Gasteiger partial charge on any atom is 0.418 e. The van der Waals surface area contributed by atoms with Gasteiger partial charge in [-0.1, -0.05) is 16.8 Å². The first-order valence-corrected chi connectivity index (χ1v) is 8.82. The number of nitrogens with zero attached hydrogens (tertiary/aromatic N) is 5. The zero-order valence-electron chi connectivity index (χ0n) is 15.8. The van der Waals surface area contributed by atoms with E-state index < -0.39 is 46.2 Å². The second-order valence-electron chi connectivity index (χ2n) is 6.18. The van der Waals surface area contributed by atoms with E-state index in [0.717, 1.165) is 29.8 Å². The minimum atomic E-state index is -4.85. The zero-order chi connectivity index (χ0) is 23.0. The van der Waals surface area contributed by atoms with Crippen LogP contribution in [-0.2, 0) is 11.0 Å². The Morgan fingerprint density at radius 3 is 2.58 bits per heavy atom. The molecule has 166 valence electrons. The summed E-state index contributed by atoms with van der Waals surface area (Å²) in [5.41, 5.74) is -2.24. The molecule has 0 saturated carbocycles. The van der Waals surface area contributed by atoms with E-state index >= 15 is 0 Å². The molecular formula is C17H13ClF6N6O. The second kappa shape index (κ2) is 8.21. The first kappa shape index (κ1) is 22.6. The quantitative estimate of drug-likeness (QED) is 0.253. The molecule has 1 atom stereocenters. The average Bonchev–Trinajstić information content (AvgIpc) is 3.07. The van der Waals surface area contributed by atoms with Crippen molar-refractivity contribution >= 4 is 29.3 Å². The SMILES string of the molecule is CO/N=C/c1cnn2c(NC(C)C(F)(F)F)c(-c3ncccc3C(F)(F)F)c(Cl)nc12. The van der Waals surface area contributed by atoms with Crippen LogP contribution in [0.5, 0.6) is 0 Å². The van der Waals surface area contributed by atoms with Gasteiger partial charge in [0.05, 0.1) is 34.8 Å². The van der Waals surface area contributed by atoms with E-state index in [1.54, 1.807) is 0 Å². The molecule has 7 nitrogen and oxygen atoms in total. The molecule has 3 heterocycles. The van der Waals surface area contributed by atoms with Gasteiger partial charge in [-0.05, 0) is 19.1 Å². The van der Waals surface area contributed by atoms with Crippen LogP contribution in [0.4, 0.5) is 32.2 Å². The highest BCUT2D eigenvalue weighted by molar-refractivity contribution is 6.33. The van der Waals surface area contributed by atoms with E-state index in [4.69, 9.17) is 11.6 Å². The third kappa shape index (κ3) is 4.50. The molecule has 0 aliphatic rings. The number of alkyl halides is 6. The van der Waals surface area contributed by atoms with Gasteiger partial charge in [0.1, 0.15) is 24.1 Å². The Bertz CT molecular complexity index is 1130. The van der Waals surface area contributed by atoms with E-state index in [0.29, 0.717) is 0 Å².